The maximum absolute atomic E-state index is 5.75. The molecule has 1 aromatic rings. The van der Waals surface area contributed by atoms with E-state index in [4.69, 9.17) is 16.3 Å². The smallest absolute Gasteiger partial charge is 0.140 e. The molecule has 10 heavy (non-hydrogen) atoms. The third-order valence-corrected chi connectivity index (χ3v) is 1.77. The van der Waals surface area contributed by atoms with Crippen LogP contribution >= 0.6 is 11.6 Å². The van der Waals surface area contributed by atoms with Gasteiger partial charge >= 0.3 is 0 Å². The van der Waals surface area contributed by atoms with Crippen LogP contribution in [0.4, 0.5) is 0 Å². The maximum atomic E-state index is 5.75. The van der Waals surface area contributed by atoms with E-state index in [2.05, 4.69) is 0 Å². The molecule has 2 rings (SSSR count). The van der Waals surface area contributed by atoms with Gasteiger partial charge in [-0.2, -0.15) is 0 Å². The molecule has 0 amide bonds. The van der Waals surface area contributed by atoms with Gasteiger partial charge in [-0.15, -0.1) is 0 Å². The molecule has 0 spiro atoms. The Morgan fingerprint density at radius 3 is 3.20 bits per heavy atom. The van der Waals surface area contributed by atoms with E-state index in [1.807, 2.05) is 18.2 Å². The van der Waals surface area contributed by atoms with Gasteiger partial charge in [-0.3, -0.25) is 0 Å². The fraction of sp³-hybridized carbons (Fsp3) is 0.125. The molecule has 1 aromatic carbocycles. The summed E-state index contributed by atoms with van der Waals surface area (Å²) in [6.07, 6.45) is 0.871. The van der Waals surface area contributed by atoms with Crippen molar-refractivity contribution in [1.82, 2.24) is 0 Å². The quantitative estimate of drug-likeness (QED) is 0.556. The number of ether oxygens (including phenoxy) is 1. The molecule has 0 aromatic heterocycles. The number of fused-ring (bicyclic) bond motifs is 1. The molecule has 1 radical (unpaired) electrons. The Balaban J connectivity index is 2.52. The molecule has 1 heterocycles. The largest absolute Gasteiger partial charge is 0.486 e. The fourth-order valence-electron chi connectivity index (χ4n) is 1.04. The van der Waals surface area contributed by atoms with Crippen molar-refractivity contribution >= 4 is 11.6 Å². The summed E-state index contributed by atoms with van der Waals surface area (Å²) in [5.41, 5.74) is 1.17. The highest BCUT2D eigenvalue weighted by Crippen LogP contribution is 2.29. The lowest BCUT2D eigenvalue weighted by Gasteiger charge is -1.96. The van der Waals surface area contributed by atoms with Gasteiger partial charge in [0.25, 0.3) is 0 Å². The zero-order chi connectivity index (χ0) is 6.97. The average Bonchev–Trinajstić information content (AvgIpc) is 2.33. The summed E-state index contributed by atoms with van der Waals surface area (Å²) in [5, 5.41) is 0.776. The second-order valence-electron chi connectivity index (χ2n) is 2.24. The second-order valence-corrected chi connectivity index (χ2v) is 2.68. The zero-order valence-electron chi connectivity index (χ0n) is 5.30. The van der Waals surface area contributed by atoms with Gasteiger partial charge in [0.05, 0.1) is 0 Å². The van der Waals surface area contributed by atoms with Crippen molar-refractivity contribution in [2.45, 2.75) is 6.42 Å². The molecule has 1 aliphatic rings. The highest BCUT2D eigenvalue weighted by molar-refractivity contribution is 6.30. The van der Waals surface area contributed by atoms with Crippen molar-refractivity contribution < 1.29 is 4.74 Å². The van der Waals surface area contributed by atoms with Crippen molar-refractivity contribution in [2.75, 3.05) is 0 Å². The van der Waals surface area contributed by atoms with Crippen LogP contribution in [0.25, 0.3) is 0 Å². The van der Waals surface area contributed by atoms with Crippen LogP contribution in [0.2, 0.25) is 5.02 Å². The van der Waals surface area contributed by atoms with Crippen molar-refractivity contribution in [2.24, 2.45) is 0 Å². The van der Waals surface area contributed by atoms with Gasteiger partial charge in [0.1, 0.15) is 12.4 Å². The van der Waals surface area contributed by atoms with Gasteiger partial charge < -0.3 is 4.74 Å². The summed E-state index contributed by atoms with van der Waals surface area (Å²) in [7, 11) is 0. The molecule has 51 valence electrons. The third kappa shape index (κ3) is 0.868. The minimum absolute atomic E-state index is 0.776. The summed E-state index contributed by atoms with van der Waals surface area (Å²) in [6, 6.07) is 5.65. The summed E-state index contributed by atoms with van der Waals surface area (Å²) in [4.78, 5) is 0. The van der Waals surface area contributed by atoms with Crippen molar-refractivity contribution in [1.29, 1.82) is 0 Å². The van der Waals surface area contributed by atoms with Crippen LogP contribution in [-0.4, -0.2) is 0 Å². The van der Waals surface area contributed by atoms with E-state index in [0.29, 0.717) is 0 Å². The van der Waals surface area contributed by atoms with Crippen LogP contribution in [0, 0.1) is 6.61 Å². The van der Waals surface area contributed by atoms with Gasteiger partial charge in [-0.05, 0) is 23.8 Å². The van der Waals surface area contributed by atoms with E-state index in [1.54, 1.807) is 6.61 Å². The minimum Gasteiger partial charge on any atom is -0.486 e. The van der Waals surface area contributed by atoms with E-state index in [0.717, 1.165) is 17.2 Å². The first-order valence-electron chi connectivity index (χ1n) is 3.13. The molecule has 2 heteroatoms. The summed E-state index contributed by atoms with van der Waals surface area (Å²) >= 11 is 5.75. The molecule has 0 unspecified atom stereocenters. The summed E-state index contributed by atoms with van der Waals surface area (Å²) in [5.74, 6) is 0.935. The molecule has 0 atom stereocenters. The first-order valence-corrected chi connectivity index (χ1v) is 3.51. The highest BCUT2D eigenvalue weighted by Gasteiger charge is 2.11. The van der Waals surface area contributed by atoms with Crippen LogP contribution in [0.5, 0.6) is 5.75 Å². The van der Waals surface area contributed by atoms with E-state index in [9.17, 15) is 0 Å². The molecule has 0 saturated heterocycles. The van der Waals surface area contributed by atoms with Gasteiger partial charge in [0.15, 0.2) is 0 Å². The lowest BCUT2D eigenvalue weighted by Crippen LogP contribution is -1.76. The maximum Gasteiger partial charge on any atom is 0.140 e. The van der Waals surface area contributed by atoms with E-state index in [-0.39, 0.29) is 0 Å². The van der Waals surface area contributed by atoms with Gasteiger partial charge in [0, 0.05) is 11.4 Å². The molecule has 0 N–H and O–H groups in total. The number of benzene rings is 1. The molecular weight excluding hydrogens is 148 g/mol. The van der Waals surface area contributed by atoms with Crippen molar-refractivity contribution in [3.63, 3.8) is 0 Å². The zero-order valence-corrected chi connectivity index (χ0v) is 6.06. The Kier molecular flexibility index (Phi) is 1.31. The van der Waals surface area contributed by atoms with E-state index >= 15 is 0 Å². The van der Waals surface area contributed by atoms with Gasteiger partial charge in [-0.1, -0.05) is 11.6 Å². The molecular formula is C8H6ClO. The van der Waals surface area contributed by atoms with Gasteiger partial charge in [0.2, 0.25) is 0 Å². The molecule has 0 saturated carbocycles. The first kappa shape index (κ1) is 6.05. The predicted molar refractivity (Wildman–Crippen MR) is 40.1 cm³/mol. The predicted octanol–water partition coefficient (Wildman–Crippen LogP) is 2.44. The van der Waals surface area contributed by atoms with Crippen LogP contribution in [0.3, 0.4) is 0 Å². The summed E-state index contributed by atoms with van der Waals surface area (Å²) < 4.78 is 5.17. The monoisotopic (exact) mass is 153 g/mol. The van der Waals surface area contributed by atoms with Crippen LogP contribution < -0.4 is 4.74 Å². The molecule has 0 bridgehead atoms. The van der Waals surface area contributed by atoms with Crippen LogP contribution in [0.1, 0.15) is 5.56 Å². The SMILES string of the molecule is Clc1ccc2c(c1)C[CH]O2. The number of hydrogen-bond donors (Lipinski definition) is 0. The molecule has 1 aliphatic heterocycles. The van der Waals surface area contributed by atoms with E-state index < -0.39 is 0 Å². The normalized spacial score (nSPS) is 14.5. The topological polar surface area (TPSA) is 9.23 Å². The average molecular weight is 154 g/mol. The lowest BCUT2D eigenvalue weighted by molar-refractivity contribution is 0.435. The molecule has 0 aliphatic carbocycles. The molecule has 0 fully saturated rings. The van der Waals surface area contributed by atoms with Crippen molar-refractivity contribution in [3.8, 4) is 5.75 Å². The van der Waals surface area contributed by atoms with Gasteiger partial charge in [-0.25, -0.2) is 0 Å². The Morgan fingerprint density at radius 2 is 2.30 bits per heavy atom. The standard InChI is InChI=1S/C8H6ClO/c9-7-1-2-8-6(5-7)3-4-10-8/h1-2,4-5H,3H2. The Bertz CT molecular complexity index is 257. The number of hydrogen-bond acceptors (Lipinski definition) is 1. The van der Waals surface area contributed by atoms with Crippen LogP contribution in [-0.2, 0) is 6.42 Å². The van der Waals surface area contributed by atoms with Crippen LogP contribution in [0.15, 0.2) is 18.2 Å². The van der Waals surface area contributed by atoms with Crippen molar-refractivity contribution in [3.05, 3.63) is 35.4 Å². The molecule has 1 nitrogen and oxygen atoms in total. The Labute approximate surface area is 64.6 Å². The lowest BCUT2D eigenvalue weighted by atomic mass is 10.2. The minimum atomic E-state index is 0.776. The first-order chi connectivity index (χ1) is 4.86. The van der Waals surface area contributed by atoms with E-state index in [1.165, 1.54) is 5.56 Å². The Hall–Kier alpha value is -0.690. The Morgan fingerprint density at radius 1 is 1.40 bits per heavy atom. The number of halogens is 1. The second kappa shape index (κ2) is 2.17. The summed E-state index contributed by atoms with van der Waals surface area (Å²) in [6.45, 7) is 1.78. The number of rotatable bonds is 0. The third-order valence-electron chi connectivity index (χ3n) is 1.54. The highest BCUT2D eigenvalue weighted by atomic mass is 35.5. The fourth-order valence-corrected chi connectivity index (χ4v) is 1.24.